The summed E-state index contributed by atoms with van der Waals surface area (Å²) in [7, 11) is 0. The summed E-state index contributed by atoms with van der Waals surface area (Å²) in [6.07, 6.45) is 0. The summed E-state index contributed by atoms with van der Waals surface area (Å²) < 4.78 is 0. The van der Waals surface area contributed by atoms with Crippen molar-refractivity contribution in [2.75, 3.05) is 0 Å². The molecule has 6 nitrogen and oxygen atoms in total. The number of hydrogen-bond donors (Lipinski definition) is 0. The Labute approximate surface area is 278 Å². The average molecular weight is 617 g/mol. The molecular weight excluding hydrogens is 589 g/mol. The number of nitrogens with zero attached hydrogens (tertiary/aromatic N) is 6. The van der Waals surface area contributed by atoms with Crippen LogP contribution in [0.3, 0.4) is 0 Å². The molecule has 226 valence electrons. The normalized spacial score (nSPS) is 10.9. The molecule has 0 amide bonds. The van der Waals surface area contributed by atoms with Crippen LogP contribution in [-0.2, 0) is 0 Å². The van der Waals surface area contributed by atoms with Gasteiger partial charge in [-0.15, -0.1) is 0 Å². The molecule has 0 radical (unpaired) electrons. The van der Waals surface area contributed by atoms with Crippen molar-refractivity contribution in [3.8, 4) is 79.5 Å². The lowest BCUT2D eigenvalue weighted by atomic mass is 10.0. The van der Waals surface area contributed by atoms with Crippen LogP contribution in [-0.4, -0.2) is 29.9 Å². The van der Waals surface area contributed by atoms with E-state index in [0.717, 1.165) is 44.5 Å². The van der Waals surface area contributed by atoms with Crippen molar-refractivity contribution < 1.29 is 0 Å². The third kappa shape index (κ3) is 6.10. The van der Waals surface area contributed by atoms with E-state index < -0.39 is 0 Å². The van der Waals surface area contributed by atoms with Gasteiger partial charge in [0.2, 0.25) is 0 Å². The summed E-state index contributed by atoms with van der Waals surface area (Å²) in [6.45, 7) is 0. The number of hydrogen-bond acceptors (Lipinski definition) is 6. The molecule has 6 aromatic carbocycles. The van der Waals surface area contributed by atoms with Crippen LogP contribution >= 0.6 is 0 Å². The maximum atomic E-state index is 4.98. The van der Waals surface area contributed by atoms with Crippen LogP contribution < -0.4 is 0 Å². The molecule has 8 rings (SSSR count). The number of rotatable bonds is 7. The lowest BCUT2D eigenvalue weighted by Gasteiger charge is -2.11. The second-order valence-electron chi connectivity index (χ2n) is 11.2. The summed E-state index contributed by atoms with van der Waals surface area (Å²) in [6, 6.07) is 56.6. The van der Waals surface area contributed by atoms with Gasteiger partial charge in [0.05, 0.1) is 0 Å². The van der Waals surface area contributed by atoms with Gasteiger partial charge in [0, 0.05) is 33.4 Å². The zero-order valence-electron chi connectivity index (χ0n) is 25.8. The largest absolute Gasteiger partial charge is 0.208 e. The first-order valence-corrected chi connectivity index (χ1v) is 15.7. The van der Waals surface area contributed by atoms with Gasteiger partial charge in [-0.1, -0.05) is 164 Å². The Kier molecular flexibility index (Phi) is 7.79. The fraction of sp³-hybridized carbons (Fsp3) is 0. The van der Waals surface area contributed by atoms with Crippen LogP contribution in [0.15, 0.2) is 170 Å². The highest BCUT2D eigenvalue weighted by molar-refractivity contribution is 5.73. The second-order valence-corrected chi connectivity index (χ2v) is 11.2. The molecule has 0 spiro atoms. The fourth-order valence-corrected chi connectivity index (χ4v) is 5.52. The van der Waals surface area contributed by atoms with Gasteiger partial charge < -0.3 is 0 Å². The summed E-state index contributed by atoms with van der Waals surface area (Å²) in [5, 5.41) is 0. The molecule has 2 aromatic heterocycles. The average Bonchev–Trinajstić information content (AvgIpc) is 3.19. The van der Waals surface area contributed by atoms with Crippen molar-refractivity contribution in [2.24, 2.45) is 0 Å². The summed E-state index contributed by atoms with van der Waals surface area (Å²) in [5.74, 6) is 3.64. The highest BCUT2D eigenvalue weighted by atomic mass is 15.0. The van der Waals surface area contributed by atoms with Crippen molar-refractivity contribution in [3.63, 3.8) is 0 Å². The molecule has 0 aliphatic carbocycles. The van der Waals surface area contributed by atoms with E-state index in [0.29, 0.717) is 34.9 Å². The number of benzene rings is 6. The molecule has 0 N–H and O–H groups in total. The lowest BCUT2D eigenvalue weighted by Crippen LogP contribution is -2.01. The summed E-state index contributed by atoms with van der Waals surface area (Å²) in [5.41, 5.74) is 7.66. The van der Waals surface area contributed by atoms with Crippen LogP contribution in [0.1, 0.15) is 0 Å². The van der Waals surface area contributed by atoms with E-state index in [4.69, 9.17) is 29.9 Å². The van der Waals surface area contributed by atoms with E-state index in [1.54, 1.807) is 0 Å². The third-order valence-electron chi connectivity index (χ3n) is 8.00. The Bertz CT molecular complexity index is 2250. The molecule has 0 saturated heterocycles. The molecule has 0 aliphatic heterocycles. The van der Waals surface area contributed by atoms with Crippen molar-refractivity contribution in [1.29, 1.82) is 0 Å². The van der Waals surface area contributed by atoms with Gasteiger partial charge in [-0.05, 0) is 17.2 Å². The predicted molar refractivity (Wildman–Crippen MR) is 191 cm³/mol. The van der Waals surface area contributed by atoms with E-state index in [-0.39, 0.29) is 0 Å². The monoisotopic (exact) mass is 616 g/mol. The molecule has 0 unspecified atom stereocenters. The summed E-state index contributed by atoms with van der Waals surface area (Å²) in [4.78, 5) is 29.4. The van der Waals surface area contributed by atoms with Gasteiger partial charge in [-0.25, -0.2) is 29.9 Å². The Balaban J connectivity index is 1.20. The zero-order chi connectivity index (χ0) is 32.1. The molecule has 0 fully saturated rings. The maximum absolute atomic E-state index is 4.98. The predicted octanol–water partition coefficient (Wildman–Crippen LogP) is 9.73. The Morgan fingerprint density at radius 2 is 0.438 bits per heavy atom. The number of aromatic nitrogens is 6. The van der Waals surface area contributed by atoms with E-state index in [1.165, 1.54) is 0 Å². The zero-order valence-corrected chi connectivity index (χ0v) is 25.8. The quantitative estimate of drug-likeness (QED) is 0.177. The molecule has 2 heterocycles. The highest BCUT2D eigenvalue weighted by Crippen LogP contribution is 2.30. The van der Waals surface area contributed by atoms with Gasteiger partial charge in [0.25, 0.3) is 0 Å². The molecule has 0 aliphatic rings. The Morgan fingerprint density at radius 1 is 0.188 bits per heavy atom. The van der Waals surface area contributed by atoms with Crippen LogP contribution in [0, 0.1) is 0 Å². The molecule has 0 bridgehead atoms. The smallest absolute Gasteiger partial charge is 0.164 e. The van der Waals surface area contributed by atoms with Gasteiger partial charge in [0.15, 0.2) is 34.9 Å². The first-order chi connectivity index (χ1) is 23.8. The van der Waals surface area contributed by atoms with Gasteiger partial charge >= 0.3 is 0 Å². The first-order valence-electron chi connectivity index (χ1n) is 15.7. The minimum Gasteiger partial charge on any atom is -0.208 e. The Morgan fingerprint density at radius 3 is 0.792 bits per heavy atom. The van der Waals surface area contributed by atoms with Crippen LogP contribution in [0.4, 0.5) is 0 Å². The Hall–Kier alpha value is -6.66. The molecule has 0 atom stereocenters. The lowest BCUT2D eigenvalue weighted by molar-refractivity contribution is 1.07. The van der Waals surface area contributed by atoms with E-state index in [9.17, 15) is 0 Å². The second kappa shape index (κ2) is 13.0. The van der Waals surface area contributed by atoms with Crippen molar-refractivity contribution >= 4 is 0 Å². The first kappa shape index (κ1) is 28.8. The van der Waals surface area contributed by atoms with Crippen LogP contribution in [0.2, 0.25) is 0 Å². The van der Waals surface area contributed by atoms with E-state index in [2.05, 4.69) is 24.3 Å². The minimum absolute atomic E-state index is 0.584. The molecular formula is C42H28N6. The van der Waals surface area contributed by atoms with Crippen molar-refractivity contribution in [3.05, 3.63) is 170 Å². The topological polar surface area (TPSA) is 77.3 Å². The third-order valence-corrected chi connectivity index (χ3v) is 8.00. The molecule has 8 aromatic rings. The van der Waals surface area contributed by atoms with Crippen LogP contribution in [0.5, 0.6) is 0 Å². The summed E-state index contributed by atoms with van der Waals surface area (Å²) >= 11 is 0. The fourth-order valence-electron chi connectivity index (χ4n) is 5.52. The van der Waals surface area contributed by atoms with Crippen molar-refractivity contribution in [2.45, 2.75) is 0 Å². The van der Waals surface area contributed by atoms with Crippen molar-refractivity contribution in [1.82, 2.24) is 29.9 Å². The van der Waals surface area contributed by atoms with E-state index in [1.807, 2.05) is 146 Å². The highest BCUT2D eigenvalue weighted by Gasteiger charge is 2.15. The van der Waals surface area contributed by atoms with Gasteiger partial charge in [0.1, 0.15) is 0 Å². The SMILES string of the molecule is c1ccc(-c2cccc(-c3nc(-c4ccccc4)nc(-c4ccc(-c5nc(-c6ccccc6)nc(-c6ccccc6)n5)cc4)n3)c2)cc1. The maximum Gasteiger partial charge on any atom is 0.164 e. The standard InChI is InChI=1S/C42H28N6/c1-5-14-29(15-6-1)35-22-13-23-36(28-35)42-47-39(32-20-11-4-12-21-32)46-41(48-42)34-26-24-33(25-27-34)40-44-37(30-16-7-2-8-17-30)43-38(45-40)31-18-9-3-10-19-31/h1-28H. The van der Waals surface area contributed by atoms with Gasteiger partial charge in [-0.2, -0.15) is 0 Å². The van der Waals surface area contributed by atoms with Crippen LogP contribution in [0.25, 0.3) is 79.5 Å². The van der Waals surface area contributed by atoms with Gasteiger partial charge in [-0.3, -0.25) is 0 Å². The molecule has 6 heteroatoms. The minimum atomic E-state index is 0.584. The molecule has 48 heavy (non-hydrogen) atoms. The van der Waals surface area contributed by atoms with E-state index >= 15 is 0 Å². The molecule has 0 saturated carbocycles.